The minimum absolute atomic E-state index is 0. The Balaban J connectivity index is 0.00000147. The molecular weight excluding hydrogens is 270 g/mol. The first-order valence-electron chi connectivity index (χ1n) is 8.48. The number of nitrogens with one attached hydrogen (secondary N) is 1. The fourth-order valence-electron chi connectivity index (χ4n) is 4.20. The van der Waals surface area contributed by atoms with Crippen LogP contribution in [-0.4, -0.2) is 61.7 Å². The van der Waals surface area contributed by atoms with Crippen molar-refractivity contribution < 1.29 is 0 Å². The van der Waals surface area contributed by atoms with Crippen molar-refractivity contribution in [3.63, 3.8) is 0 Å². The van der Waals surface area contributed by atoms with Gasteiger partial charge in [0.25, 0.3) is 0 Å². The Kier molecular flexibility index (Phi) is 6.60. The van der Waals surface area contributed by atoms with Crippen LogP contribution in [0.25, 0.3) is 0 Å². The van der Waals surface area contributed by atoms with Crippen LogP contribution in [0.5, 0.6) is 0 Å². The summed E-state index contributed by atoms with van der Waals surface area (Å²) in [5.41, 5.74) is 0. The van der Waals surface area contributed by atoms with Gasteiger partial charge in [0.05, 0.1) is 0 Å². The van der Waals surface area contributed by atoms with E-state index in [0.29, 0.717) is 0 Å². The van der Waals surface area contributed by atoms with Crippen LogP contribution in [0.4, 0.5) is 0 Å². The zero-order valence-electron chi connectivity index (χ0n) is 13.0. The van der Waals surface area contributed by atoms with Crippen molar-refractivity contribution in [1.29, 1.82) is 0 Å². The first kappa shape index (κ1) is 16.5. The second-order valence-electron chi connectivity index (χ2n) is 7.11. The smallest absolute Gasteiger partial charge is 0.0236 e. The SMILES string of the molecule is CC1CCC(CN2CCC(N3CCNCC3)C2)CC1.Cl. The molecule has 0 bridgehead atoms. The van der Waals surface area contributed by atoms with Crippen LogP contribution in [-0.2, 0) is 0 Å². The van der Waals surface area contributed by atoms with Crippen molar-refractivity contribution in [2.24, 2.45) is 11.8 Å². The van der Waals surface area contributed by atoms with Gasteiger partial charge in [-0.25, -0.2) is 0 Å². The van der Waals surface area contributed by atoms with Crippen molar-refractivity contribution >= 4 is 12.4 Å². The third-order valence-electron chi connectivity index (χ3n) is 5.57. The maximum absolute atomic E-state index is 3.46. The van der Waals surface area contributed by atoms with E-state index in [1.165, 1.54) is 77.9 Å². The molecule has 3 fully saturated rings. The Hall–Kier alpha value is 0.170. The van der Waals surface area contributed by atoms with Gasteiger partial charge < -0.3 is 10.2 Å². The number of piperazine rings is 1. The average Bonchev–Trinajstić information content (AvgIpc) is 2.91. The molecule has 0 spiro atoms. The third-order valence-corrected chi connectivity index (χ3v) is 5.57. The maximum atomic E-state index is 3.46. The molecule has 1 atom stereocenters. The van der Waals surface area contributed by atoms with Crippen molar-refractivity contribution in [2.45, 2.75) is 45.1 Å². The third kappa shape index (κ3) is 4.33. The minimum atomic E-state index is 0. The zero-order chi connectivity index (χ0) is 13.1. The van der Waals surface area contributed by atoms with Gasteiger partial charge in [-0.05, 0) is 37.6 Å². The Morgan fingerprint density at radius 1 is 0.950 bits per heavy atom. The highest BCUT2D eigenvalue weighted by molar-refractivity contribution is 5.85. The van der Waals surface area contributed by atoms with Gasteiger partial charge in [-0.2, -0.15) is 0 Å². The molecule has 2 aliphatic heterocycles. The fourth-order valence-corrected chi connectivity index (χ4v) is 4.20. The predicted molar refractivity (Wildman–Crippen MR) is 87.7 cm³/mol. The molecule has 20 heavy (non-hydrogen) atoms. The van der Waals surface area contributed by atoms with Crippen molar-refractivity contribution in [1.82, 2.24) is 15.1 Å². The van der Waals surface area contributed by atoms with E-state index in [9.17, 15) is 0 Å². The van der Waals surface area contributed by atoms with E-state index >= 15 is 0 Å². The predicted octanol–water partition coefficient (Wildman–Crippen LogP) is 2.21. The van der Waals surface area contributed by atoms with E-state index in [-0.39, 0.29) is 12.4 Å². The van der Waals surface area contributed by atoms with Gasteiger partial charge in [0.15, 0.2) is 0 Å². The fraction of sp³-hybridized carbons (Fsp3) is 1.00. The average molecular weight is 302 g/mol. The van der Waals surface area contributed by atoms with Gasteiger partial charge in [0.1, 0.15) is 0 Å². The van der Waals surface area contributed by atoms with Gasteiger partial charge in [0.2, 0.25) is 0 Å². The summed E-state index contributed by atoms with van der Waals surface area (Å²) in [5, 5.41) is 3.46. The summed E-state index contributed by atoms with van der Waals surface area (Å²) in [4.78, 5) is 5.48. The molecule has 0 aromatic carbocycles. The Bertz CT molecular complexity index is 273. The van der Waals surface area contributed by atoms with Crippen LogP contribution in [0.15, 0.2) is 0 Å². The molecule has 1 saturated carbocycles. The van der Waals surface area contributed by atoms with Gasteiger partial charge >= 0.3 is 0 Å². The Morgan fingerprint density at radius 2 is 1.65 bits per heavy atom. The molecule has 2 saturated heterocycles. The lowest BCUT2D eigenvalue weighted by Gasteiger charge is -2.33. The molecule has 3 rings (SSSR count). The number of hydrogen-bond donors (Lipinski definition) is 1. The number of nitrogens with zero attached hydrogens (tertiary/aromatic N) is 2. The molecule has 3 nitrogen and oxygen atoms in total. The zero-order valence-corrected chi connectivity index (χ0v) is 13.8. The molecule has 0 radical (unpaired) electrons. The summed E-state index contributed by atoms with van der Waals surface area (Å²) in [6.07, 6.45) is 7.31. The number of halogens is 1. The second-order valence-corrected chi connectivity index (χ2v) is 7.11. The number of hydrogen-bond acceptors (Lipinski definition) is 3. The van der Waals surface area contributed by atoms with Gasteiger partial charge in [-0.1, -0.05) is 19.8 Å². The monoisotopic (exact) mass is 301 g/mol. The van der Waals surface area contributed by atoms with Crippen LogP contribution in [0.2, 0.25) is 0 Å². The summed E-state index contributed by atoms with van der Waals surface area (Å²) in [7, 11) is 0. The first-order valence-corrected chi connectivity index (χ1v) is 8.48. The second kappa shape index (κ2) is 7.98. The minimum Gasteiger partial charge on any atom is -0.314 e. The Labute approximate surface area is 130 Å². The number of rotatable bonds is 3. The molecule has 0 aromatic heterocycles. The topological polar surface area (TPSA) is 18.5 Å². The van der Waals surface area contributed by atoms with E-state index in [4.69, 9.17) is 0 Å². The quantitative estimate of drug-likeness (QED) is 0.862. The summed E-state index contributed by atoms with van der Waals surface area (Å²) < 4.78 is 0. The highest BCUT2D eigenvalue weighted by atomic mass is 35.5. The summed E-state index contributed by atoms with van der Waals surface area (Å²) in [5.74, 6) is 1.99. The molecule has 1 aliphatic carbocycles. The molecule has 118 valence electrons. The van der Waals surface area contributed by atoms with Crippen LogP contribution < -0.4 is 5.32 Å². The molecule has 2 heterocycles. The molecule has 4 heteroatoms. The van der Waals surface area contributed by atoms with E-state index in [0.717, 1.165) is 17.9 Å². The van der Waals surface area contributed by atoms with E-state index in [1.807, 2.05) is 0 Å². The van der Waals surface area contributed by atoms with Gasteiger partial charge in [0, 0.05) is 45.3 Å². The molecule has 1 N–H and O–H groups in total. The van der Waals surface area contributed by atoms with Crippen molar-refractivity contribution in [3.05, 3.63) is 0 Å². The lowest BCUT2D eigenvalue weighted by atomic mass is 9.83. The molecule has 1 unspecified atom stereocenters. The molecule has 0 aromatic rings. The highest BCUT2D eigenvalue weighted by Gasteiger charge is 2.30. The summed E-state index contributed by atoms with van der Waals surface area (Å²) >= 11 is 0. The highest BCUT2D eigenvalue weighted by Crippen LogP contribution is 2.30. The lowest BCUT2D eigenvalue weighted by Crippen LogP contribution is -2.49. The van der Waals surface area contributed by atoms with Crippen molar-refractivity contribution in [2.75, 3.05) is 45.8 Å². The molecule has 0 amide bonds. The van der Waals surface area contributed by atoms with Gasteiger partial charge in [-0.3, -0.25) is 4.90 Å². The van der Waals surface area contributed by atoms with Crippen molar-refractivity contribution in [3.8, 4) is 0 Å². The van der Waals surface area contributed by atoms with Crippen LogP contribution in [0.3, 0.4) is 0 Å². The number of likely N-dealkylation sites (tertiary alicyclic amines) is 1. The van der Waals surface area contributed by atoms with Gasteiger partial charge in [-0.15, -0.1) is 12.4 Å². The van der Waals surface area contributed by atoms with E-state index in [1.54, 1.807) is 0 Å². The van der Waals surface area contributed by atoms with Crippen LogP contribution in [0.1, 0.15) is 39.0 Å². The molecule has 3 aliphatic rings. The summed E-state index contributed by atoms with van der Waals surface area (Å²) in [6, 6.07) is 0.851. The maximum Gasteiger partial charge on any atom is 0.0236 e. The standard InChI is InChI=1S/C16H31N3.ClH/c1-14-2-4-15(5-3-14)12-18-9-6-16(13-18)19-10-7-17-8-11-19;/h14-17H,2-13H2,1H3;1H. The first-order chi connectivity index (χ1) is 9.31. The van der Waals surface area contributed by atoms with E-state index < -0.39 is 0 Å². The van der Waals surface area contributed by atoms with Crippen LogP contribution >= 0.6 is 12.4 Å². The molecular formula is C16H32ClN3. The largest absolute Gasteiger partial charge is 0.314 e. The summed E-state index contributed by atoms with van der Waals surface area (Å²) in [6.45, 7) is 11.4. The lowest BCUT2D eigenvalue weighted by molar-refractivity contribution is 0.159. The normalized spacial score (nSPS) is 36.8. The van der Waals surface area contributed by atoms with Crippen LogP contribution in [0, 0.1) is 11.8 Å². The van der Waals surface area contributed by atoms with E-state index in [2.05, 4.69) is 22.0 Å². The Morgan fingerprint density at radius 3 is 2.35 bits per heavy atom.